The number of nitrogens with two attached hydrogens (primary N) is 1. The maximum absolute atomic E-state index is 13.8. The molecule has 2 aromatic rings. The van der Waals surface area contributed by atoms with Crippen LogP contribution in [-0.2, 0) is 0 Å². The minimum Gasteiger partial charge on any atom is -0.491 e. The number of ketones is 1. The lowest BCUT2D eigenvalue weighted by molar-refractivity contribution is 0.103. The molecule has 0 spiro atoms. The van der Waals surface area contributed by atoms with Crippen LogP contribution in [0.3, 0.4) is 0 Å². The summed E-state index contributed by atoms with van der Waals surface area (Å²) in [5.74, 6) is -2.15. The standard InChI is InChI=1S/C16H15F2NO2/c1-9(2)21-11-5-3-10(4-6-11)16(20)14-12(17)7-8-13(19)15(14)18/h3-9H,19H2,1-2H3. The zero-order chi connectivity index (χ0) is 15.6. The zero-order valence-corrected chi connectivity index (χ0v) is 11.7. The van der Waals surface area contributed by atoms with E-state index in [1.165, 1.54) is 12.1 Å². The van der Waals surface area contributed by atoms with Gasteiger partial charge in [-0.1, -0.05) is 0 Å². The van der Waals surface area contributed by atoms with Crippen molar-refractivity contribution in [1.29, 1.82) is 0 Å². The third-order valence-corrected chi connectivity index (χ3v) is 2.84. The number of ether oxygens (including phenoxy) is 1. The van der Waals surface area contributed by atoms with E-state index in [2.05, 4.69) is 0 Å². The molecule has 2 aromatic carbocycles. The van der Waals surface area contributed by atoms with Gasteiger partial charge in [0.1, 0.15) is 11.6 Å². The van der Waals surface area contributed by atoms with Gasteiger partial charge in [0, 0.05) is 5.56 Å². The molecule has 0 bridgehead atoms. The van der Waals surface area contributed by atoms with Crippen LogP contribution in [0.2, 0.25) is 0 Å². The quantitative estimate of drug-likeness (QED) is 0.692. The molecule has 21 heavy (non-hydrogen) atoms. The summed E-state index contributed by atoms with van der Waals surface area (Å²) in [6, 6.07) is 8.14. The molecule has 0 amide bonds. The topological polar surface area (TPSA) is 52.3 Å². The van der Waals surface area contributed by atoms with Gasteiger partial charge >= 0.3 is 0 Å². The number of hydrogen-bond donors (Lipinski definition) is 1. The highest BCUT2D eigenvalue weighted by atomic mass is 19.1. The fourth-order valence-corrected chi connectivity index (χ4v) is 1.88. The summed E-state index contributed by atoms with van der Waals surface area (Å²) in [6.07, 6.45) is -0.00429. The second kappa shape index (κ2) is 5.91. The Bertz CT molecular complexity index is 667. The number of halogens is 2. The highest BCUT2D eigenvalue weighted by molar-refractivity contribution is 6.09. The van der Waals surface area contributed by atoms with Gasteiger partial charge in [0.2, 0.25) is 0 Å². The van der Waals surface area contributed by atoms with Crippen LogP contribution in [0, 0.1) is 11.6 Å². The Balaban J connectivity index is 2.35. The summed E-state index contributed by atoms with van der Waals surface area (Å²) in [7, 11) is 0. The normalized spacial score (nSPS) is 10.7. The minimum atomic E-state index is -1.04. The predicted octanol–water partition coefficient (Wildman–Crippen LogP) is 3.57. The molecule has 2 rings (SSSR count). The smallest absolute Gasteiger partial charge is 0.199 e. The molecule has 0 aliphatic heterocycles. The SMILES string of the molecule is CC(C)Oc1ccc(C(=O)c2c(F)ccc(N)c2F)cc1. The first-order chi connectivity index (χ1) is 9.90. The number of nitrogen functional groups attached to an aromatic ring is 1. The first-order valence-electron chi connectivity index (χ1n) is 6.45. The van der Waals surface area contributed by atoms with Crippen molar-refractivity contribution < 1.29 is 18.3 Å². The Morgan fingerprint density at radius 3 is 2.29 bits per heavy atom. The van der Waals surface area contributed by atoms with Crippen molar-refractivity contribution in [3.05, 3.63) is 59.2 Å². The van der Waals surface area contributed by atoms with E-state index in [1.807, 2.05) is 13.8 Å². The Morgan fingerprint density at radius 1 is 1.10 bits per heavy atom. The second-order valence-corrected chi connectivity index (χ2v) is 4.85. The van der Waals surface area contributed by atoms with Crippen molar-refractivity contribution >= 4 is 11.5 Å². The summed E-state index contributed by atoms with van der Waals surface area (Å²) in [4.78, 5) is 12.2. The van der Waals surface area contributed by atoms with Gasteiger partial charge in [-0.3, -0.25) is 4.79 Å². The van der Waals surface area contributed by atoms with Crippen molar-refractivity contribution in [1.82, 2.24) is 0 Å². The minimum absolute atomic E-state index is 0.00429. The molecular formula is C16H15F2NO2. The van der Waals surface area contributed by atoms with Crippen molar-refractivity contribution in [2.45, 2.75) is 20.0 Å². The average Bonchev–Trinajstić information content (AvgIpc) is 2.43. The van der Waals surface area contributed by atoms with E-state index in [9.17, 15) is 13.6 Å². The molecule has 0 atom stereocenters. The van der Waals surface area contributed by atoms with Gasteiger partial charge in [-0.2, -0.15) is 0 Å². The Kier molecular flexibility index (Phi) is 4.21. The van der Waals surface area contributed by atoms with Crippen molar-refractivity contribution in [2.24, 2.45) is 0 Å². The molecule has 0 heterocycles. The Labute approximate surface area is 121 Å². The van der Waals surface area contributed by atoms with Gasteiger partial charge in [-0.25, -0.2) is 8.78 Å². The van der Waals surface area contributed by atoms with Crippen molar-refractivity contribution in [3.8, 4) is 5.75 Å². The number of carbonyl (C=O) groups excluding carboxylic acids is 1. The molecule has 0 aliphatic carbocycles. The lowest BCUT2D eigenvalue weighted by Crippen LogP contribution is -2.10. The van der Waals surface area contributed by atoms with E-state index >= 15 is 0 Å². The maximum Gasteiger partial charge on any atom is 0.199 e. The Hall–Kier alpha value is -2.43. The first-order valence-corrected chi connectivity index (χ1v) is 6.45. The van der Waals surface area contributed by atoms with Crippen LogP contribution in [0.4, 0.5) is 14.5 Å². The Morgan fingerprint density at radius 2 is 1.71 bits per heavy atom. The van der Waals surface area contributed by atoms with Crippen LogP contribution >= 0.6 is 0 Å². The van der Waals surface area contributed by atoms with E-state index in [-0.39, 0.29) is 17.4 Å². The van der Waals surface area contributed by atoms with Gasteiger partial charge in [0.25, 0.3) is 0 Å². The van der Waals surface area contributed by atoms with Gasteiger partial charge in [0.05, 0.1) is 17.4 Å². The van der Waals surface area contributed by atoms with Crippen molar-refractivity contribution in [3.63, 3.8) is 0 Å². The third-order valence-electron chi connectivity index (χ3n) is 2.84. The number of carbonyl (C=O) groups is 1. The van der Waals surface area contributed by atoms with Crippen LogP contribution in [0.15, 0.2) is 36.4 Å². The first kappa shape index (κ1) is 15.0. The fourth-order valence-electron chi connectivity index (χ4n) is 1.88. The predicted molar refractivity (Wildman–Crippen MR) is 76.4 cm³/mol. The highest BCUT2D eigenvalue weighted by Gasteiger charge is 2.21. The maximum atomic E-state index is 13.8. The molecule has 0 saturated carbocycles. The van der Waals surface area contributed by atoms with Crippen molar-refractivity contribution in [2.75, 3.05) is 5.73 Å². The summed E-state index contributed by atoms with van der Waals surface area (Å²) < 4.78 is 33.0. The highest BCUT2D eigenvalue weighted by Crippen LogP contribution is 2.23. The zero-order valence-electron chi connectivity index (χ0n) is 11.7. The van der Waals surface area contributed by atoms with Crippen LogP contribution in [0.5, 0.6) is 5.75 Å². The van der Waals surface area contributed by atoms with E-state index < -0.39 is 23.0 Å². The van der Waals surface area contributed by atoms with Crippen LogP contribution in [0.25, 0.3) is 0 Å². The van der Waals surface area contributed by atoms with E-state index in [4.69, 9.17) is 10.5 Å². The summed E-state index contributed by atoms with van der Waals surface area (Å²) >= 11 is 0. The second-order valence-electron chi connectivity index (χ2n) is 4.85. The fraction of sp³-hybridized carbons (Fsp3) is 0.188. The number of anilines is 1. The molecule has 2 N–H and O–H groups in total. The van der Waals surface area contributed by atoms with Crippen LogP contribution in [-0.4, -0.2) is 11.9 Å². The molecule has 0 radical (unpaired) electrons. The van der Waals surface area contributed by atoms with Gasteiger partial charge in [-0.05, 0) is 50.2 Å². The third kappa shape index (κ3) is 3.18. The number of hydrogen-bond acceptors (Lipinski definition) is 3. The molecule has 0 aromatic heterocycles. The molecule has 0 aliphatic rings. The lowest BCUT2D eigenvalue weighted by atomic mass is 10.0. The van der Waals surface area contributed by atoms with Gasteiger partial charge < -0.3 is 10.5 Å². The summed E-state index contributed by atoms with van der Waals surface area (Å²) in [5.41, 5.74) is 4.62. The molecule has 5 heteroatoms. The molecule has 0 unspecified atom stereocenters. The molecule has 110 valence electrons. The largest absolute Gasteiger partial charge is 0.491 e. The summed E-state index contributed by atoms with van der Waals surface area (Å²) in [6.45, 7) is 3.74. The molecule has 0 saturated heterocycles. The number of rotatable bonds is 4. The lowest BCUT2D eigenvalue weighted by Gasteiger charge is -2.10. The number of benzene rings is 2. The van der Waals surface area contributed by atoms with Crippen LogP contribution in [0.1, 0.15) is 29.8 Å². The van der Waals surface area contributed by atoms with E-state index in [0.29, 0.717) is 5.75 Å². The summed E-state index contributed by atoms with van der Waals surface area (Å²) in [5, 5.41) is 0. The van der Waals surface area contributed by atoms with Gasteiger partial charge in [-0.15, -0.1) is 0 Å². The molecular weight excluding hydrogens is 276 g/mol. The molecule has 3 nitrogen and oxygen atoms in total. The van der Waals surface area contributed by atoms with Gasteiger partial charge in [0.15, 0.2) is 11.6 Å². The van der Waals surface area contributed by atoms with Crippen LogP contribution < -0.4 is 10.5 Å². The van der Waals surface area contributed by atoms with E-state index in [1.54, 1.807) is 12.1 Å². The average molecular weight is 291 g/mol. The van der Waals surface area contributed by atoms with E-state index in [0.717, 1.165) is 12.1 Å². The monoisotopic (exact) mass is 291 g/mol. The molecule has 0 fully saturated rings.